The third-order valence-corrected chi connectivity index (χ3v) is 5.54. The molecule has 148 valence electrons. The van der Waals surface area contributed by atoms with Crippen molar-refractivity contribution in [1.29, 1.82) is 0 Å². The number of hydrogen-bond acceptors (Lipinski definition) is 5. The second-order valence-corrected chi connectivity index (χ2v) is 7.74. The van der Waals surface area contributed by atoms with Gasteiger partial charge in [-0.1, -0.05) is 24.3 Å². The summed E-state index contributed by atoms with van der Waals surface area (Å²) in [6.45, 7) is 1.02. The van der Waals surface area contributed by atoms with Crippen molar-refractivity contribution in [3.63, 3.8) is 0 Å². The van der Waals surface area contributed by atoms with Gasteiger partial charge in [0, 0.05) is 17.1 Å². The highest BCUT2D eigenvalue weighted by Crippen LogP contribution is 2.22. The van der Waals surface area contributed by atoms with Gasteiger partial charge in [-0.25, -0.2) is 4.79 Å². The number of urea groups is 1. The molecule has 28 heavy (non-hydrogen) atoms. The maximum absolute atomic E-state index is 12.9. The van der Waals surface area contributed by atoms with Gasteiger partial charge in [-0.3, -0.25) is 19.8 Å². The number of benzene rings is 1. The quantitative estimate of drug-likeness (QED) is 0.779. The second-order valence-electron chi connectivity index (χ2n) is 6.71. The van der Waals surface area contributed by atoms with Gasteiger partial charge in [-0.2, -0.15) is 0 Å². The van der Waals surface area contributed by atoms with Crippen LogP contribution >= 0.6 is 11.3 Å². The summed E-state index contributed by atoms with van der Waals surface area (Å²) in [6, 6.07) is 12.4. The van der Waals surface area contributed by atoms with Crippen molar-refractivity contribution in [2.45, 2.75) is 25.4 Å². The lowest BCUT2D eigenvalue weighted by Crippen LogP contribution is -2.54. The summed E-state index contributed by atoms with van der Waals surface area (Å²) in [7, 11) is 1.74. The number of anilines is 1. The molecule has 0 aliphatic carbocycles. The first-order valence-electron chi connectivity index (χ1n) is 9.21. The van der Waals surface area contributed by atoms with E-state index in [1.807, 2.05) is 47.8 Å². The highest BCUT2D eigenvalue weighted by molar-refractivity contribution is 7.09. The molecule has 2 aromatic rings. The zero-order chi connectivity index (χ0) is 19.9. The number of likely N-dealkylation sites (N-methyl/N-ethyl adjacent to an activating group) is 1. The number of carbonyl (C=O) groups is 3. The van der Waals surface area contributed by atoms with Crippen LogP contribution in [0.4, 0.5) is 10.5 Å². The van der Waals surface area contributed by atoms with Crippen LogP contribution in [0.15, 0.2) is 47.8 Å². The Morgan fingerprint density at radius 1 is 1.21 bits per heavy atom. The van der Waals surface area contributed by atoms with E-state index in [2.05, 4.69) is 10.6 Å². The minimum atomic E-state index is -0.535. The van der Waals surface area contributed by atoms with Crippen molar-refractivity contribution >= 4 is 34.9 Å². The highest BCUT2D eigenvalue weighted by Gasteiger charge is 2.33. The first-order valence-corrected chi connectivity index (χ1v) is 10.1. The number of thiophene rings is 1. The first-order chi connectivity index (χ1) is 13.5. The molecule has 7 nitrogen and oxygen atoms in total. The lowest BCUT2D eigenvalue weighted by molar-refractivity contribution is -0.127. The van der Waals surface area contributed by atoms with Gasteiger partial charge in [0.25, 0.3) is 0 Å². The lowest BCUT2D eigenvalue weighted by atomic mass is 10.0. The number of para-hydroxylation sites is 1. The van der Waals surface area contributed by atoms with E-state index in [1.54, 1.807) is 16.8 Å². The van der Waals surface area contributed by atoms with E-state index in [0.29, 0.717) is 19.5 Å². The Morgan fingerprint density at radius 3 is 2.71 bits per heavy atom. The Balaban J connectivity index is 1.50. The molecule has 0 bridgehead atoms. The number of amides is 4. The van der Waals surface area contributed by atoms with Gasteiger partial charge in [-0.15, -0.1) is 11.3 Å². The highest BCUT2D eigenvalue weighted by atomic mass is 32.1. The molecule has 4 amide bonds. The summed E-state index contributed by atoms with van der Waals surface area (Å²) in [5.41, 5.74) is 0.864. The summed E-state index contributed by atoms with van der Waals surface area (Å²) in [5, 5.41) is 6.90. The number of hydrogen-bond donors (Lipinski definition) is 2. The van der Waals surface area contributed by atoms with Gasteiger partial charge in [0.1, 0.15) is 0 Å². The van der Waals surface area contributed by atoms with Crippen LogP contribution in [0.1, 0.15) is 17.7 Å². The van der Waals surface area contributed by atoms with Crippen LogP contribution in [-0.2, 0) is 16.1 Å². The van der Waals surface area contributed by atoms with E-state index < -0.39 is 11.9 Å². The number of rotatable bonds is 6. The van der Waals surface area contributed by atoms with Crippen molar-refractivity contribution in [3.05, 3.63) is 52.7 Å². The predicted octanol–water partition coefficient (Wildman–Crippen LogP) is 2.20. The second kappa shape index (κ2) is 9.48. The van der Waals surface area contributed by atoms with Crippen LogP contribution < -0.4 is 15.5 Å². The third-order valence-electron chi connectivity index (χ3n) is 4.66. The smallest absolute Gasteiger partial charge is 0.321 e. The monoisotopic (exact) mass is 400 g/mol. The third kappa shape index (κ3) is 5.17. The summed E-state index contributed by atoms with van der Waals surface area (Å²) < 4.78 is 0. The van der Waals surface area contributed by atoms with Crippen LogP contribution in [0.5, 0.6) is 0 Å². The molecular formula is C20H24N4O3S. The minimum Gasteiger partial charge on any atom is -0.333 e. The number of imide groups is 1. The van der Waals surface area contributed by atoms with Crippen LogP contribution in [-0.4, -0.2) is 48.9 Å². The molecule has 8 heteroatoms. The molecule has 1 saturated heterocycles. The minimum absolute atomic E-state index is 0.0186. The molecule has 2 N–H and O–H groups in total. The van der Waals surface area contributed by atoms with Crippen LogP contribution in [0.25, 0.3) is 0 Å². The number of nitrogens with zero attached hydrogens (tertiary/aromatic N) is 2. The number of carbonyl (C=O) groups excluding carboxylic acids is 3. The Hall–Kier alpha value is -2.71. The van der Waals surface area contributed by atoms with Crippen molar-refractivity contribution in [3.8, 4) is 0 Å². The fraction of sp³-hybridized carbons (Fsp3) is 0.350. The zero-order valence-electron chi connectivity index (χ0n) is 15.8. The molecule has 1 atom stereocenters. The molecule has 3 rings (SSSR count). The predicted molar refractivity (Wildman–Crippen MR) is 109 cm³/mol. The van der Waals surface area contributed by atoms with Gasteiger partial charge in [0.15, 0.2) is 0 Å². The molecular weight excluding hydrogens is 376 g/mol. The van der Waals surface area contributed by atoms with E-state index in [4.69, 9.17) is 0 Å². The zero-order valence-corrected chi connectivity index (χ0v) is 16.6. The Bertz CT molecular complexity index is 810. The Morgan fingerprint density at radius 2 is 2.00 bits per heavy atom. The molecule has 1 aromatic carbocycles. The molecule has 1 aliphatic rings. The molecule has 1 aliphatic heterocycles. The molecule has 0 saturated carbocycles. The van der Waals surface area contributed by atoms with Crippen LogP contribution in [0.3, 0.4) is 0 Å². The molecule has 0 radical (unpaired) electrons. The average Bonchev–Trinajstić information content (AvgIpc) is 3.20. The fourth-order valence-corrected chi connectivity index (χ4v) is 3.90. The summed E-state index contributed by atoms with van der Waals surface area (Å²) in [4.78, 5) is 41.4. The Labute approximate surface area is 168 Å². The van der Waals surface area contributed by atoms with E-state index in [-0.39, 0.29) is 18.5 Å². The maximum Gasteiger partial charge on any atom is 0.321 e. The summed E-state index contributed by atoms with van der Waals surface area (Å²) in [6.07, 6.45) is 1.55. The van der Waals surface area contributed by atoms with Gasteiger partial charge < -0.3 is 10.2 Å². The fourth-order valence-electron chi connectivity index (χ4n) is 3.26. The van der Waals surface area contributed by atoms with Crippen molar-refractivity contribution < 1.29 is 14.4 Å². The maximum atomic E-state index is 12.9. The van der Waals surface area contributed by atoms with E-state index >= 15 is 0 Å². The van der Waals surface area contributed by atoms with Crippen LogP contribution in [0, 0.1) is 0 Å². The molecule has 1 unspecified atom stereocenters. The van der Waals surface area contributed by atoms with Crippen molar-refractivity contribution in [2.24, 2.45) is 0 Å². The summed E-state index contributed by atoms with van der Waals surface area (Å²) in [5.74, 6) is -0.453. The summed E-state index contributed by atoms with van der Waals surface area (Å²) >= 11 is 1.53. The van der Waals surface area contributed by atoms with Gasteiger partial charge in [0.05, 0.1) is 19.1 Å². The molecule has 2 heterocycles. The first kappa shape index (κ1) is 20.0. The lowest BCUT2D eigenvalue weighted by Gasteiger charge is -2.36. The van der Waals surface area contributed by atoms with Crippen LogP contribution in [0.2, 0.25) is 0 Å². The topological polar surface area (TPSA) is 81.8 Å². The molecule has 1 aromatic heterocycles. The van der Waals surface area contributed by atoms with E-state index in [1.165, 1.54) is 11.3 Å². The average molecular weight is 401 g/mol. The normalized spacial score (nSPS) is 16.9. The Kier molecular flexibility index (Phi) is 6.78. The number of piperidine rings is 1. The number of nitrogens with one attached hydrogen (secondary N) is 2. The van der Waals surface area contributed by atoms with Gasteiger partial charge in [-0.05, 0) is 43.5 Å². The molecule has 1 fully saturated rings. The largest absolute Gasteiger partial charge is 0.333 e. The SMILES string of the molecule is CN(CC(=O)NC(=O)NCc1cccs1)C1CCCN(c2ccccc2)C1=O. The van der Waals surface area contributed by atoms with E-state index in [0.717, 1.165) is 17.0 Å². The van der Waals surface area contributed by atoms with Crippen molar-refractivity contribution in [1.82, 2.24) is 15.5 Å². The molecule has 0 spiro atoms. The van der Waals surface area contributed by atoms with Gasteiger partial charge >= 0.3 is 6.03 Å². The van der Waals surface area contributed by atoms with Gasteiger partial charge in [0.2, 0.25) is 11.8 Å². The van der Waals surface area contributed by atoms with Crippen molar-refractivity contribution in [2.75, 3.05) is 25.0 Å². The standard InChI is InChI=1S/C20H24N4O3S/c1-23(14-18(25)22-20(27)21-13-16-9-6-12-28-16)17-10-5-11-24(19(17)26)15-7-3-2-4-8-15/h2-4,6-9,12,17H,5,10-11,13-14H2,1H3,(H2,21,22,25,27). The van der Waals surface area contributed by atoms with E-state index in [9.17, 15) is 14.4 Å².